The van der Waals surface area contributed by atoms with Gasteiger partial charge in [0.2, 0.25) is 5.91 Å². The largest absolute Gasteiger partial charge is 0.494 e. The van der Waals surface area contributed by atoms with Gasteiger partial charge in [0, 0.05) is 17.8 Å². The summed E-state index contributed by atoms with van der Waals surface area (Å²) in [6.45, 7) is 5.98. The van der Waals surface area contributed by atoms with Gasteiger partial charge in [-0.25, -0.2) is 13.1 Å². The van der Waals surface area contributed by atoms with Gasteiger partial charge in [-0.2, -0.15) is 0 Å². The molecule has 0 saturated carbocycles. The second kappa shape index (κ2) is 8.46. The van der Waals surface area contributed by atoms with E-state index in [1.54, 1.807) is 19.1 Å². The van der Waals surface area contributed by atoms with Crippen molar-refractivity contribution in [1.29, 1.82) is 0 Å². The number of hydrogen-bond donors (Lipinski definition) is 2. The Kier molecular flexibility index (Phi) is 6.57. The van der Waals surface area contributed by atoms with Crippen LogP contribution in [0.15, 0.2) is 40.6 Å². The number of rotatable bonds is 8. The third-order valence-electron chi connectivity index (χ3n) is 3.41. The Bertz CT molecular complexity index is 831. The van der Waals surface area contributed by atoms with Crippen LogP contribution >= 0.6 is 11.3 Å². The number of carbonyl (C=O) groups is 1. The van der Waals surface area contributed by atoms with Crippen molar-refractivity contribution in [2.75, 3.05) is 6.61 Å². The van der Waals surface area contributed by atoms with Gasteiger partial charge in [0.15, 0.2) is 0 Å². The van der Waals surface area contributed by atoms with Gasteiger partial charge in [0.05, 0.1) is 13.2 Å². The van der Waals surface area contributed by atoms with Crippen molar-refractivity contribution in [1.82, 2.24) is 10.0 Å². The Labute approximate surface area is 152 Å². The van der Waals surface area contributed by atoms with E-state index >= 15 is 0 Å². The Morgan fingerprint density at radius 3 is 2.72 bits per heavy atom. The molecule has 0 saturated heterocycles. The number of ether oxygens (including phenoxy) is 1. The molecule has 1 heterocycles. The van der Waals surface area contributed by atoms with Gasteiger partial charge in [0.1, 0.15) is 9.96 Å². The molecule has 1 aromatic heterocycles. The minimum absolute atomic E-state index is 0.154. The Morgan fingerprint density at radius 2 is 2.04 bits per heavy atom. The van der Waals surface area contributed by atoms with Crippen molar-refractivity contribution in [2.45, 2.75) is 37.6 Å². The number of thiophene rings is 1. The van der Waals surface area contributed by atoms with E-state index in [0.29, 0.717) is 18.9 Å². The number of nitrogens with one attached hydrogen (secondary N) is 2. The zero-order chi connectivity index (χ0) is 18.4. The molecule has 136 valence electrons. The third kappa shape index (κ3) is 5.55. The van der Waals surface area contributed by atoms with Crippen LogP contribution < -0.4 is 14.8 Å². The van der Waals surface area contributed by atoms with E-state index in [9.17, 15) is 13.2 Å². The maximum atomic E-state index is 12.6. The first kappa shape index (κ1) is 19.4. The zero-order valence-electron chi connectivity index (χ0n) is 14.4. The topological polar surface area (TPSA) is 84.5 Å². The molecule has 2 aromatic rings. The average molecular weight is 383 g/mol. The van der Waals surface area contributed by atoms with Crippen LogP contribution in [0.5, 0.6) is 5.75 Å². The molecule has 0 radical (unpaired) electrons. The predicted octanol–water partition coefficient (Wildman–Crippen LogP) is 2.82. The lowest BCUT2D eigenvalue weighted by molar-refractivity contribution is -0.119. The van der Waals surface area contributed by atoms with Crippen molar-refractivity contribution in [3.63, 3.8) is 0 Å². The lowest BCUT2D eigenvalue weighted by Gasteiger charge is -2.15. The fraction of sp³-hybridized carbons (Fsp3) is 0.353. The highest BCUT2D eigenvalue weighted by Gasteiger charge is 2.20. The number of benzene rings is 1. The molecule has 6 nitrogen and oxygen atoms in total. The molecule has 1 amide bonds. The molecule has 0 bridgehead atoms. The average Bonchev–Trinajstić information content (AvgIpc) is 3.03. The van der Waals surface area contributed by atoms with Crippen molar-refractivity contribution in [2.24, 2.45) is 0 Å². The summed E-state index contributed by atoms with van der Waals surface area (Å²) in [5.41, 5.74) is 0.824. The van der Waals surface area contributed by atoms with Gasteiger partial charge in [-0.3, -0.25) is 4.79 Å². The first-order chi connectivity index (χ1) is 11.8. The number of carbonyl (C=O) groups excluding carboxylic acids is 1. The molecule has 2 rings (SSSR count). The SMILES string of the molecule is CCOc1cccc(C(C)NS(=O)(=O)c2ccc(CNC(C)=O)s2)c1. The summed E-state index contributed by atoms with van der Waals surface area (Å²) in [6.07, 6.45) is 0. The number of hydrogen-bond acceptors (Lipinski definition) is 5. The molecule has 25 heavy (non-hydrogen) atoms. The normalized spacial score (nSPS) is 12.6. The van der Waals surface area contributed by atoms with Crippen LogP contribution in [0.1, 0.15) is 37.3 Å². The van der Waals surface area contributed by atoms with Crippen LogP contribution in [0.25, 0.3) is 0 Å². The lowest BCUT2D eigenvalue weighted by Crippen LogP contribution is -2.26. The highest BCUT2D eigenvalue weighted by Crippen LogP contribution is 2.25. The summed E-state index contributed by atoms with van der Waals surface area (Å²) < 4.78 is 33.5. The van der Waals surface area contributed by atoms with E-state index in [1.807, 2.05) is 31.2 Å². The first-order valence-electron chi connectivity index (χ1n) is 7.90. The van der Waals surface area contributed by atoms with Gasteiger partial charge in [-0.05, 0) is 43.7 Å². The van der Waals surface area contributed by atoms with Gasteiger partial charge in [0.25, 0.3) is 10.0 Å². The van der Waals surface area contributed by atoms with E-state index in [4.69, 9.17) is 4.74 Å². The van der Waals surface area contributed by atoms with E-state index in [2.05, 4.69) is 10.0 Å². The molecule has 8 heteroatoms. The summed E-state index contributed by atoms with van der Waals surface area (Å²) in [5, 5.41) is 2.65. The van der Waals surface area contributed by atoms with Crippen molar-refractivity contribution in [3.05, 3.63) is 46.8 Å². The molecule has 1 aromatic carbocycles. The van der Waals surface area contributed by atoms with Gasteiger partial charge < -0.3 is 10.1 Å². The summed E-state index contributed by atoms with van der Waals surface area (Å²) in [5.74, 6) is 0.554. The van der Waals surface area contributed by atoms with Crippen molar-refractivity contribution >= 4 is 27.3 Å². The van der Waals surface area contributed by atoms with E-state index < -0.39 is 16.1 Å². The van der Waals surface area contributed by atoms with Crippen LogP contribution in [0.3, 0.4) is 0 Å². The van der Waals surface area contributed by atoms with Crippen molar-refractivity contribution < 1.29 is 17.9 Å². The second-order valence-electron chi connectivity index (χ2n) is 5.48. The van der Waals surface area contributed by atoms with E-state index in [-0.39, 0.29) is 10.1 Å². The molecule has 2 N–H and O–H groups in total. The van der Waals surface area contributed by atoms with Crippen LogP contribution in [-0.4, -0.2) is 20.9 Å². The maximum Gasteiger partial charge on any atom is 0.250 e. The quantitative estimate of drug-likeness (QED) is 0.735. The molecule has 0 aliphatic rings. The van der Waals surface area contributed by atoms with Gasteiger partial charge in [-0.1, -0.05) is 12.1 Å². The van der Waals surface area contributed by atoms with Gasteiger partial charge in [-0.15, -0.1) is 11.3 Å². The lowest BCUT2D eigenvalue weighted by atomic mass is 10.1. The smallest absolute Gasteiger partial charge is 0.250 e. The Balaban J connectivity index is 2.09. The number of sulfonamides is 1. The minimum Gasteiger partial charge on any atom is -0.494 e. The highest BCUT2D eigenvalue weighted by atomic mass is 32.2. The molecule has 0 aliphatic heterocycles. The summed E-state index contributed by atoms with van der Waals surface area (Å²) in [7, 11) is -3.64. The molecule has 0 fully saturated rings. The summed E-state index contributed by atoms with van der Waals surface area (Å²) in [6, 6.07) is 10.2. The van der Waals surface area contributed by atoms with E-state index in [1.165, 1.54) is 6.92 Å². The summed E-state index contributed by atoms with van der Waals surface area (Å²) in [4.78, 5) is 11.7. The highest BCUT2D eigenvalue weighted by molar-refractivity contribution is 7.91. The number of amides is 1. The van der Waals surface area contributed by atoms with E-state index in [0.717, 1.165) is 21.8 Å². The van der Waals surface area contributed by atoms with Crippen molar-refractivity contribution in [3.8, 4) is 5.75 Å². The Morgan fingerprint density at radius 1 is 1.28 bits per heavy atom. The molecule has 1 atom stereocenters. The second-order valence-corrected chi connectivity index (χ2v) is 8.59. The van der Waals surface area contributed by atoms with Crippen LogP contribution in [0, 0.1) is 0 Å². The molecule has 1 unspecified atom stereocenters. The van der Waals surface area contributed by atoms with Crippen LogP contribution in [0.4, 0.5) is 0 Å². The minimum atomic E-state index is -3.64. The molecule has 0 spiro atoms. The van der Waals surface area contributed by atoms with Crippen LogP contribution in [0.2, 0.25) is 0 Å². The van der Waals surface area contributed by atoms with Gasteiger partial charge >= 0.3 is 0 Å². The molecular weight excluding hydrogens is 360 g/mol. The fourth-order valence-corrected chi connectivity index (χ4v) is 4.75. The third-order valence-corrected chi connectivity index (χ3v) is 6.53. The maximum absolute atomic E-state index is 12.6. The zero-order valence-corrected chi connectivity index (χ0v) is 16.0. The first-order valence-corrected chi connectivity index (χ1v) is 10.2. The monoisotopic (exact) mass is 382 g/mol. The van der Waals surface area contributed by atoms with Crippen LogP contribution in [-0.2, 0) is 21.4 Å². The standard InChI is InChI=1S/C17H22N2O4S2/c1-4-23-15-7-5-6-14(10-15)12(2)19-25(21,22)17-9-8-16(24-17)11-18-13(3)20/h5-10,12,19H,4,11H2,1-3H3,(H,18,20). The predicted molar refractivity (Wildman–Crippen MR) is 98.2 cm³/mol. The Hall–Kier alpha value is -1.90. The molecule has 0 aliphatic carbocycles. The fourth-order valence-electron chi connectivity index (χ4n) is 2.21. The summed E-state index contributed by atoms with van der Waals surface area (Å²) >= 11 is 1.14. The molecular formula is C17H22N2O4S2.